The van der Waals surface area contributed by atoms with E-state index in [0.717, 1.165) is 154 Å². The number of ether oxygens (including phenoxy) is 2. The molecule has 0 fully saturated rings. The normalized spacial score (nSPS) is 14.1. The number of carbonyl (C=O) groups excluding carboxylic acids is 2. The summed E-state index contributed by atoms with van der Waals surface area (Å²) >= 11 is 0. The summed E-state index contributed by atoms with van der Waals surface area (Å²) in [6, 6.07) is 0. The van der Waals surface area contributed by atoms with Crippen LogP contribution >= 0.6 is 7.82 Å². The minimum absolute atomic E-state index is 0.0411. The Labute approximate surface area is 627 Å². The molecule has 0 saturated carbocycles. The molecule has 2 unspecified atom stereocenters. The summed E-state index contributed by atoms with van der Waals surface area (Å²) in [6.45, 7) is 4.00. The lowest BCUT2D eigenvalue weighted by Crippen LogP contribution is -2.37. The van der Waals surface area contributed by atoms with E-state index in [4.69, 9.17) is 18.5 Å². The highest BCUT2D eigenvalue weighted by Crippen LogP contribution is 2.38. The van der Waals surface area contributed by atoms with E-state index in [0.29, 0.717) is 17.4 Å². The van der Waals surface area contributed by atoms with Gasteiger partial charge in [0.05, 0.1) is 27.7 Å². The molecular weight excluding hydrogens is 1280 g/mol. The summed E-state index contributed by atoms with van der Waals surface area (Å²) in [6.07, 6.45) is 125. The fourth-order valence-electron chi connectivity index (χ4n) is 10.7. The molecule has 0 saturated heterocycles. The second kappa shape index (κ2) is 79.7. The Morgan fingerprint density at radius 3 is 0.784 bits per heavy atom. The van der Waals surface area contributed by atoms with E-state index < -0.39 is 26.5 Å². The van der Waals surface area contributed by atoms with Gasteiger partial charge in [0.1, 0.15) is 19.8 Å². The van der Waals surface area contributed by atoms with Crippen molar-refractivity contribution in [3.63, 3.8) is 0 Å². The smallest absolute Gasteiger partial charge is 0.306 e. The first-order valence-corrected chi connectivity index (χ1v) is 42.3. The van der Waals surface area contributed by atoms with Crippen molar-refractivity contribution in [1.29, 1.82) is 0 Å². The third kappa shape index (κ3) is 83.5. The van der Waals surface area contributed by atoms with Crippen LogP contribution in [0.15, 0.2) is 207 Å². The maximum Gasteiger partial charge on any atom is 0.306 e. The molecule has 0 N–H and O–H groups in total. The van der Waals surface area contributed by atoms with Gasteiger partial charge in [-0.2, -0.15) is 0 Å². The van der Waals surface area contributed by atoms with E-state index in [2.05, 4.69) is 220 Å². The summed E-state index contributed by atoms with van der Waals surface area (Å²) in [7, 11) is 1.14. The van der Waals surface area contributed by atoms with Crippen molar-refractivity contribution in [3.05, 3.63) is 207 Å². The highest BCUT2D eigenvalue weighted by Gasteiger charge is 2.22. The van der Waals surface area contributed by atoms with Gasteiger partial charge in [0.25, 0.3) is 7.82 Å². The molecule has 0 rings (SSSR count). The van der Waals surface area contributed by atoms with Crippen LogP contribution in [-0.2, 0) is 32.7 Å². The molecule has 102 heavy (non-hydrogen) atoms. The first-order valence-electron chi connectivity index (χ1n) is 40.8. The molecule has 9 nitrogen and oxygen atoms in total. The second-order valence-corrected chi connectivity index (χ2v) is 29.1. The monoisotopic (exact) mass is 1430 g/mol. The number of hydrogen-bond donors (Lipinski definition) is 0. The van der Waals surface area contributed by atoms with Crippen LogP contribution in [0.4, 0.5) is 0 Å². The fourth-order valence-corrected chi connectivity index (χ4v) is 11.4. The van der Waals surface area contributed by atoms with Crippen LogP contribution < -0.4 is 4.89 Å². The molecule has 0 aliphatic carbocycles. The number of rotatable bonds is 73. The van der Waals surface area contributed by atoms with Crippen molar-refractivity contribution in [2.45, 2.75) is 315 Å². The number of unbranched alkanes of at least 4 members (excludes halogenated alkanes) is 25. The average Bonchev–Trinajstić information content (AvgIpc) is 0.914. The number of esters is 2. The van der Waals surface area contributed by atoms with Crippen molar-refractivity contribution in [2.75, 3.05) is 47.5 Å². The molecule has 0 aliphatic heterocycles. The Balaban J connectivity index is 4.05. The molecule has 0 bridgehead atoms. The molecule has 0 amide bonds. The fraction of sp³-hybridized carbons (Fsp3) is 0.609. The zero-order valence-corrected chi connectivity index (χ0v) is 66.6. The summed E-state index contributed by atoms with van der Waals surface area (Å²) in [5, 5.41) is 0. The maximum atomic E-state index is 12.9. The lowest BCUT2D eigenvalue weighted by Gasteiger charge is -2.28. The standard InChI is InChI=1S/C92H150NO8P/c1-6-8-10-12-14-16-18-20-22-24-26-28-30-32-34-36-38-40-42-44-46-48-50-52-54-56-58-60-62-64-66-68-70-72-74-76-78-80-82-84-91(94)98-88-90(89-100-102(96,97)99-87-86-93(3,4)5)101-92(95)85-83-81-79-77-75-73-71-69-67-65-63-61-59-57-55-53-51-49-47-45-43-41-39-37-35-33-31-29-27-25-23-21-19-17-15-13-11-9-7-2/h8-11,14-17,20-23,26-29,32-35,38-41,44-47,51,53,57,59,63,65,90H,6-7,12-13,18-19,24-25,30-31,36-37,42-43,48-50,52,54-56,58,60-62,64,66-89H2,1-5H3/b10-8-,11-9-,16-14-,17-15-,22-20-,23-21-,28-26-,29-27-,34-32-,35-33-,40-38-,41-39-,46-44-,47-45-,53-51-,59-57-,65-63-. The number of phosphoric acid groups is 1. The van der Waals surface area contributed by atoms with Gasteiger partial charge in [0.2, 0.25) is 0 Å². The van der Waals surface area contributed by atoms with Crippen molar-refractivity contribution >= 4 is 19.8 Å². The quantitative estimate of drug-likeness (QED) is 0.0195. The lowest BCUT2D eigenvalue weighted by molar-refractivity contribution is -0.870. The van der Waals surface area contributed by atoms with E-state index >= 15 is 0 Å². The number of hydrogen-bond acceptors (Lipinski definition) is 8. The van der Waals surface area contributed by atoms with Crippen LogP contribution in [0.5, 0.6) is 0 Å². The molecule has 0 aromatic rings. The predicted octanol–water partition coefficient (Wildman–Crippen LogP) is 27.1. The number of phosphoric ester groups is 1. The molecule has 576 valence electrons. The molecule has 0 spiro atoms. The van der Waals surface area contributed by atoms with E-state index in [1.54, 1.807) is 0 Å². The number of likely N-dealkylation sites (N-methyl/N-ethyl adjacent to an activating group) is 1. The minimum atomic E-state index is -4.66. The van der Waals surface area contributed by atoms with Crippen LogP contribution in [-0.4, -0.2) is 70.0 Å². The van der Waals surface area contributed by atoms with Gasteiger partial charge in [-0.3, -0.25) is 14.2 Å². The minimum Gasteiger partial charge on any atom is -0.756 e. The van der Waals surface area contributed by atoms with Gasteiger partial charge < -0.3 is 27.9 Å². The molecule has 0 heterocycles. The number of allylic oxidation sites excluding steroid dienone is 34. The first-order chi connectivity index (χ1) is 50.0. The maximum absolute atomic E-state index is 12.9. The zero-order chi connectivity index (χ0) is 74.0. The Kier molecular flexibility index (Phi) is 75.5. The van der Waals surface area contributed by atoms with Gasteiger partial charge in [0.15, 0.2) is 6.10 Å². The Hall–Kier alpha value is -5.41. The van der Waals surface area contributed by atoms with Crippen molar-refractivity contribution in [3.8, 4) is 0 Å². The van der Waals surface area contributed by atoms with Crippen molar-refractivity contribution < 1.29 is 42.1 Å². The van der Waals surface area contributed by atoms with E-state index in [1.807, 2.05) is 21.1 Å². The third-order valence-corrected chi connectivity index (χ3v) is 17.8. The van der Waals surface area contributed by atoms with Crippen LogP contribution in [0, 0.1) is 0 Å². The van der Waals surface area contributed by atoms with Crippen LogP contribution in [0.1, 0.15) is 309 Å². The molecule has 0 aromatic heterocycles. The van der Waals surface area contributed by atoms with Gasteiger partial charge in [-0.15, -0.1) is 0 Å². The Bertz CT molecular complexity index is 2480. The molecule has 0 aliphatic rings. The molecule has 0 aromatic carbocycles. The van der Waals surface area contributed by atoms with Gasteiger partial charge in [-0.05, 0) is 148 Å². The summed E-state index contributed by atoms with van der Waals surface area (Å²) in [5.74, 6) is -0.847. The van der Waals surface area contributed by atoms with Crippen molar-refractivity contribution in [1.82, 2.24) is 0 Å². The Morgan fingerprint density at radius 2 is 0.529 bits per heavy atom. The van der Waals surface area contributed by atoms with Crippen molar-refractivity contribution in [2.24, 2.45) is 0 Å². The summed E-state index contributed by atoms with van der Waals surface area (Å²) in [4.78, 5) is 38.2. The van der Waals surface area contributed by atoms with Gasteiger partial charge in [-0.1, -0.05) is 355 Å². The SMILES string of the molecule is CC/C=C\C/C=C\C/C=C\C/C=C\C/C=C\C/C=C\C/C=C\C/C=C\C/C=C\C/C=C\CCCCCCCCCCC(=O)OC(COC(=O)CCCCCCCCCCCCCCCCCCC/C=C\C/C=C\C/C=C\C/C=C\C/C=C\C/C=C\C/C=C\CC)COP(=O)([O-])OCC[N+](C)(C)C. The summed E-state index contributed by atoms with van der Waals surface area (Å²) < 4.78 is 34.4. The largest absolute Gasteiger partial charge is 0.756 e. The van der Waals surface area contributed by atoms with Crippen LogP contribution in [0.3, 0.4) is 0 Å². The lowest BCUT2D eigenvalue weighted by atomic mass is 10.0. The van der Waals surface area contributed by atoms with Crippen LogP contribution in [0.2, 0.25) is 0 Å². The second-order valence-electron chi connectivity index (χ2n) is 27.7. The average molecular weight is 1430 g/mol. The number of quaternary nitrogens is 1. The zero-order valence-electron chi connectivity index (χ0n) is 65.7. The first kappa shape index (κ1) is 96.6. The summed E-state index contributed by atoms with van der Waals surface area (Å²) in [5.41, 5.74) is 0. The van der Waals surface area contributed by atoms with Gasteiger partial charge >= 0.3 is 11.9 Å². The topological polar surface area (TPSA) is 111 Å². The molecule has 0 radical (unpaired) electrons. The Morgan fingerprint density at radius 1 is 0.304 bits per heavy atom. The van der Waals surface area contributed by atoms with Gasteiger partial charge in [-0.25, -0.2) is 0 Å². The predicted molar refractivity (Wildman–Crippen MR) is 442 cm³/mol. The number of carbonyl (C=O) groups is 2. The van der Waals surface area contributed by atoms with E-state index in [-0.39, 0.29) is 32.0 Å². The molecule has 10 heteroatoms. The van der Waals surface area contributed by atoms with E-state index in [9.17, 15) is 19.0 Å². The molecular formula is C92H150NO8P. The highest BCUT2D eigenvalue weighted by molar-refractivity contribution is 7.45. The third-order valence-electron chi connectivity index (χ3n) is 16.8. The number of nitrogens with zero attached hydrogens (tertiary/aromatic N) is 1. The van der Waals surface area contributed by atoms with E-state index in [1.165, 1.54) is 122 Å². The van der Waals surface area contributed by atoms with Gasteiger partial charge in [0, 0.05) is 12.8 Å². The molecule has 2 atom stereocenters. The van der Waals surface area contributed by atoms with Crippen LogP contribution in [0.25, 0.3) is 0 Å². The highest BCUT2D eigenvalue weighted by atomic mass is 31.2.